The van der Waals surface area contributed by atoms with E-state index in [0.29, 0.717) is 20.6 Å². The molecule has 162 valence electrons. The number of rotatable bonds is 5. The van der Waals surface area contributed by atoms with Gasteiger partial charge in [0.05, 0.1) is 28.8 Å². The number of carbonyl (C=O) groups excluding carboxylic acids is 1. The van der Waals surface area contributed by atoms with Gasteiger partial charge in [0.1, 0.15) is 5.75 Å². The Morgan fingerprint density at radius 2 is 1.61 bits per heavy atom. The van der Waals surface area contributed by atoms with Gasteiger partial charge in [0, 0.05) is 4.47 Å². The molecule has 0 saturated carbocycles. The molecule has 3 aromatic rings. The molecular weight excluding hydrogens is 499 g/mol. The first-order valence-electron chi connectivity index (χ1n) is 8.71. The van der Waals surface area contributed by atoms with Gasteiger partial charge in [-0.3, -0.25) is 4.79 Å². The normalized spacial score (nSPS) is 11.8. The fraction of sp³-hybridized carbons (Fsp3) is 0.0952. The van der Waals surface area contributed by atoms with Crippen LogP contribution in [0.1, 0.15) is 15.9 Å². The van der Waals surface area contributed by atoms with Gasteiger partial charge >= 0.3 is 6.18 Å². The van der Waals surface area contributed by atoms with Crippen LogP contribution in [0.25, 0.3) is 0 Å². The average molecular weight is 514 g/mol. The van der Waals surface area contributed by atoms with Crippen molar-refractivity contribution in [1.82, 2.24) is 0 Å². The second-order valence-electron chi connectivity index (χ2n) is 6.28. The van der Waals surface area contributed by atoms with Crippen LogP contribution in [0.2, 0.25) is 0 Å². The summed E-state index contributed by atoms with van der Waals surface area (Å²) in [5.41, 5.74) is -1.18. The van der Waals surface area contributed by atoms with Gasteiger partial charge in [-0.1, -0.05) is 18.2 Å². The molecule has 3 aromatic carbocycles. The van der Waals surface area contributed by atoms with Crippen LogP contribution in [-0.4, -0.2) is 21.4 Å². The first-order chi connectivity index (χ1) is 14.6. The van der Waals surface area contributed by atoms with E-state index in [1.54, 1.807) is 18.2 Å². The maximum absolute atomic E-state index is 13.4. The van der Waals surface area contributed by atoms with Gasteiger partial charge in [0.15, 0.2) is 0 Å². The lowest BCUT2D eigenvalue weighted by Gasteiger charge is -2.24. The van der Waals surface area contributed by atoms with Crippen molar-refractivity contribution in [3.8, 4) is 5.75 Å². The van der Waals surface area contributed by atoms with Crippen molar-refractivity contribution in [2.75, 3.05) is 11.4 Å². The maximum Gasteiger partial charge on any atom is 0.416 e. The van der Waals surface area contributed by atoms with Gasteiger partial charge in [-0.05, 0) is 70.5 Å². The third-order valence-corrected chi connectivity index (χ3v) is 6.69. The van der Waals surface area contributed by atoms with Crippen molar-refractivity contribution >= 4 is 37.5 Å². The number of anilines is 1. The largest absolute Gasteiger partial charge is 0.497 e. The quantitative estimate of drug-likeness (QED) is 0.451. The first-order valence-corrected chi connectivity index (χ1v) is 10.9. The van der Waals surface area contributed by atoms with Crippen LogP contribution in [0.4, 0.5) is 18.9 Å². The Bertz CT molecular complexity index is 1210. The van der Waals surface area contributed by atoms with E-state index in [9.17, 15) is 26.4 Å². The zero-order valence-corrected chi connectivity index (χ0v) is 18.3. The highest BCUT2D eigenvalue weighted by molar-refractivity contribution is 9.10. The van der Waals surface area contributed by atoms with E-state index >= 15 is 0 Å². The zero-order chi connectivity index (χ0) is 22.8. The van der Waals surface area contributed by atoms with Crippen LogP contribution in [0.5, 0.6) is 5.75 Å². The molecule has 0 bridgehead atoms. The monoisotopic (exact) mass is 513 g/mol. The van der Waals surface area contributed by atoms with Gasteiger partial charge in [-0.2, -0.15) is 17.5 Å². The Morgan fingerprint density at radius 3 is 2.19 bits per heavy atom. The summed E-state index contributed by atoms with van der Waals surface area (Å²) in [6, 6.07) is 14.9. The van der Waals surface area contributed by atoms with Crippen molar-refractivity contribution in [2.45, 2.75) is 11.1 Å². The minimum Gasteiger partial charge on any atom is -0.497 e. The Balaban J connectivity index is 2.20. The van der Waals surface area contributed by atoms with E-state index in [2.05, 4.69) is 15.9 Å². The number of amides is 1. The molecule has 0 spiro atoms. The van der Waals surface area contributed by atoms with E-state index in [1.807, 2.05) is 0 Å². The lowest BCUT2D eigenvalue weighted by Crippen LogP contribution is -2.37. The summed E-state index contributed by atoms with van der Waals surface area (Å²) in [5.74, 6) is -0.524. The molecule has 10 heteroatoms. The number of ether oxygens (including phenoxy) is 1. The number of nitrogens with zero attached hydrogens (tertiary/aromatic N) is 1. The highest BCUT2D eigenvalue weighted by Gasteiger charge is 2.36. The standard InChI is InChI=1S/C21H15BrF3NO4S/c1-30-16-11-9-15(10-12-16)26(20(27)18-7-2-3-8-19(18)22)31(28,29)17-6-4-5-14(13-17)21(23,24)25/h2-13H,1H3. The van der Waals surface area contributed by atoms with Gasteiger partial charge in [0.25, 0.3) is 15.9 Å². The van der Waals surface area contributed by atoms with Crippen LogP contribution in [-0.2, 0) is 16.2 Å². The number of hydrogen-bond acceptors (Lipinski definition) is 4. The molecule has 5 nitrogen and oxygen atoms in total. The Kier molecular flexibility index (Phi) is 6.42. The number of alkyl halides is 3. The predicted octanol–water partition coefficient (Wildman–Crippen LogP) is 5.51. The summed E-state index contributed by atoms with van der Waals surface area (Å²) in [7, 11) is -3.28. The molecule has 0 radical (unpaired) electrons. The van der Waals surface area contributed by atoms with Crippen molar-refractivity contribution in [2.24, 2.45) is 0 Å². The van der Waals surface area contributed by atoms with Crippen molar-refractivity contribution in [3.63, 3.8) is 0 Å². The molecule has 31 heavy (non-hydrogen) atoms. The van der Waals surface area contributed by atoms with Crippen molar-refractivity contribution < 1.29 is 31.1 Å². The maximum atomic E-state index is 13.4. The molecule has 0 fully saturated rings. The van der Waals surface area contributed by atoms with Crippen LogP contribution < -0.4 is 9.04 Å². The Hall–Kier alpha value is -2.85. The first kappa shape index (κ1) is 22.8. The van der Waals surface area contributed by atoms with Crippen LogP contribution in [0.3, 0.4) is 0 Å². The SMILES string of the molecule is COc1ccc(N(C(=O)c2ccccc2Br)S(=O)(=O)c2cccc(C(F)(F)F)c2)cc1. The molecule has 0 N–H and O–H groups in total. The van der Waals surface area contributed by atoms with Gasteiger partial charge < -0.3 is 4.74 Å². The molecule has 0 heterocycles. The molecule has 0 aliphatic rings. The molecule has 1 amide bonds. The zero-order valence-electron chi connectivity index (χ0n) is 15.9. The van der Waals surface area contributed by atoms with E-state index in [1.165, 1.54) is 37.4 Å². The molecule has 3 rings (SSSR count). The fourth-order valence-electron chi connectivity index (χ4n) is 2.77. The topological polar surface area (TPSA) is 63.7 Å². The number of methoxy groups -OCH3 is 1. The highest BCUT2D eigenvalue weighted by atomic mass is 79.9. The predicted molar refractivity (Wildman–Crippen MR) is 113 cm³/mol. The van der Waals surface area contributed by atoms with Gasteiger partial charge in [-0.15, -0.1) is 0 Å². The second-order valence-corrected chi connectivity index (χ2v) is 8.92. The van der Waals surface area contributed by atoms with Crippen molar-refractivity contribution in [3.05, 3.63) is 88.4 Å². The second kappa shape index (κ2) is 8.72. The summed E-state index contributed by atoms with van der Waals surface area (Å²) in [6.45, 7) is 0. The summed E-state index contributed by atoms with van der Waals surface area (Å²) in [5, 5.41) is 0. The highest BCUT2D eigenvalue weighted by Crippen LogP contribution is 2.33. The third-order valence-electron chi connectivity index (χ3n) is 4.30. The number of carbonyl (C=O) groups is 1. The molecule has 0 aromatic heterocycles. The Labute approximate surface area is 185 Å². The molecule has 0 saturated heterocycles. The number of benzene rings is 3. The number of hydrogen-bond donors (Lipinski definition) is 0. The van der Waals surface area contributed by atoms with E-state index in [0.717, 1.165) is 18.2 Å². The molecule has 0 aliphatic carbocycles. The molecule has 0 atom stereocenters. The van der Waals surface area contributed by atoms with Gasteiger partial charge in [0.2, 0.25) is 0 Å². The van der Waals surface area contributed by atoms with E-state index < -0.39 is 32.6 Å². The summed E-state index contributed by atoms with van der Waals surface area (Å²) >= 11 is 3.21. The summed E-state index contributed by atoms with van der Waals surface area (Å²) in [4.78, 5) is 12.6. The smallest absolute Gasteiger partial charge is 0.416 e. The average Bonchev–Trinajstić information content (AvgIpc) is 2.74. The number of halogens is 4. The van der Waals surface area contributed by atoms with E-state index in [4.69, 9.17) is 4.74 Å². The lowest BCUT2D eigenvalue weighted by atomic mass is 10.2. The summed E-state index contributed by atoms with van der Waals surface area (Å²) < 4.78 is 72.1. The Morgan fingerprint density at radius 1 is 0.968 bits per heavy atom. The number of sulfonamides is 1. The third kappa shape index (κ3) is 4.75. The van der Waals surface area contributed by atoms with Crippen LogP contribution >= 0.6 is 15.9 Å². The van der Waals surface area contributed by atoms with E-state index in [-0.39, 0.29) is 11.3 Å². The van der Waals surface area contributed by atoms with Gasteiger partial charge in [-0.25, -0.2) is 8.42 Å². The molecule has 0 unspecified atom stereocenters. The molecule has 0 aliphatic heterocycles. The van der Waals surface area contributed by atoms with Crippen molar-refractivity contribution in [1.29, 1.82) is 0 Å². The van der Waals surface area contributed by atoms with Crippen LogP contribution in [0, 0.1) is 0 Å². The minimum atomic E-state index is -4.75. The lowest BCUT2D eigenvalue weighted by molar-refractivity contribution is -0.137. The van der Waals surface area contributed by atoms with Crippen LogP contribution in [0.15, 0.2) is 82.2 Å². The summed E-state index contributed by atoms with van der Waals surface area (Å²) in [6.07, 6.45) is -4.75. The fourth-order valence-corrected chi connectivity index (χ4v) is 4.67. The minimum absolute atomic E-state index is 0.0221. The molecular formula is C21H15BrF3NO4S.